The molecule has 0 unspecified atom stereocenters. The van der Waals surface area contributed by atoms with Gasteiger partial charge in [-0.25, -0.2) is 4.79 Å². The van der Waals surface area contributed by atoms with E-state index >= 15 is 0 Å². The van der Waals surface area contributed by atoms with Gasteiger partial charge in [-0.1, -0.05) is 31.6 Å². The van der Waals surface area contributed by atoms with Gasteiger partial charge in [-0.2, -0.15) is 4.39 Å². The predicted molar refractivity (Wildman–Crippen MR) is 79.9 cm³/mol. The Balaban J connectivity index is 2.96. The quantitative estimate of drug-likeness (QED) is 0.417. The van der Waals surface area contributed by atoms with Gasteiger partial charge in [0.1, 0.15) is 0 Å². The molecule has 0 N–H and O–H groups in total. The molecule has 0 radical (unpaired) electrons. The maximum atomic E-state index is 13.8. The van der Waals surface area contributed by atoms with Gasteiger partial charge in [-0.05, 0) is 56.6 Å². The molecular formula is C17H25FO2. The van der Waals surface area contributed by atoms with Crippen molar-refractivity contribution < 1.29 is 13.9 Å². The first kappa shape index (κ1) is 16.7. The van der Waals surface area contributed by atoms with E-state index in [1.54, 1.807) is 19.9 Å². The SMILES string of the molecule is CCOC(=O)/C(F)=C(C)\C=C\C1=C(C)CCCC1(C)C. The number of ether oxygens (including phenoxy) is 1. The second-order valence-electron chi connectivity index (χ2n) is 5.98. The van der Waals surface area contributed by atoms with Gasteiger partial charge in [0.05, 0.1) is 6.61 Å². The standard InChI is InChI=1S/C17H25FO2/c1-6-20-16(19)15(18)13(3)9-10-14-12(2)8-7-11-17(14,4)5/h9-10H,6-8,11H2,1-5H3/b10-9+,15-13+. The first-order chi connectivity index (χ1) is 9.29. The summed E-state index contributed by atoms with van der Waals surface area (Å²) < 4.78 is 18.4. The molecule has 0 bridgehead atoms. The van der Waals surface area contributed by atoms with Crippen LogP contribution in [-0.2, 0) is 9.53 Å². The fourth-order valence-corrected chi connectivity index (χ4v) is 2.65. The van der Waals surface area contributed by atoms with Crippen LogP contribution in [0, 0.1) is 5.41 Å². The topological polar surface area (TPSA) is 26.3 Å². The van der Waals surface area contributed by atoms with Crippen LogP contribution in [0.2, 0.25) is 0 Å². The van der Waals surface area contributed by atoms with E-state index in [0.717, 1.165) is 12.8 Å². The maximum absolute atomic E-state index is 13.8. The Morgan fingerprint density at radius 1 is 1.45 bits per heavy atom. The summed E-state index contributed by atoms with van der Waals surface area (Å²) in [5.74, 6) is -1.70. The highest BCUT2D eigenvalue weighted by Crippen LogP contribution is 2.40. The van der Waals surface area contributed by atoms with Crippen LogP contribution in [0.4, 0.5) is 4.39 Å². The van der Waals surface area contributed by atoms with Gasteiger partial charge < -0.3 is 4.74 Å². The minimum absolute atomic E-state index is 0.111. The summed E-state index contributed by atoms with van der Waals surface area (Å²) in [5.41, 5.74) is 3.02. The Kier molecular flexibility index (Phi) is 5.73. The van der Waals surface area contributed by atoms with Crippen LogP contribution in [0.1, 0.15) is 53.9 Å². The van der Waals surface area contributed by atoms with Crippen molar-refractivity contribution in [2.75, 3.05) is 6.61 Å². The van der Waals surface area contributed by atoms with Crippen molar-refractivity contribution in [2.24, 2.45) is 5.41 Å². The number of esters is 1. The summed E-state index contributed by atoms with van der Waals surface area (Å²) in [6.07, 6.45) is 7.04. The molecule has 0 heterocycles. The average Bonchev–Trinajstić information content (AvgIpc) is 2.36. The van der Waals surface area contributed by atoms with Crippen LogP contribution in [-0.4, -0.2) is 12.6 Å². The van der Waals surface area contributed by atoms with Gasteiger partial charge in [-0.3, -0.25) is 0 Å². The lowest BCUT2D eigenvalue weighted by atomic mass is 9.72. The van der Waals surface area contributed by atoms with Gasteiger partial charge in [0.2, 0.25) is 5.83 Å². The Morgan fingerprint density at radius 2 is 2.10 bits per heavy atom. The molecule has 1 aliphatic rings. The van der Waals surface area contributed by atoms with E-state index in [4.69, 9.17) is 0 Å². The highest BCUT2D eigenvalue weighted by Gasteiger charge is 2.26. The van der Waals surface area contributed by atoms with Gasteiger partial charge in [0, 0.05) is 0 Å². The van der Waals surface area contributed by atoms with E-state index in [1.165, 1.54) is 17.6 Å². The molecule has 0 aromatic heterocycles. The van der Waals surface area contributed by atoms with Crippen molar-refractivity contribution in [2.45, 2.75) is 53.9 Å². The molecule has 0 aliphatic heterocycles. The molecule has 0 fully saturated rings. The largest absolute Gasteiger partial charge is 0.461 e. The Morgan fingerprint density at radius 3 is 2.65 bits per heavy atom. The zero-order chi connectivity index (χ0) is 15.3. The average molecular weight is 280 g/mol. The Hall–Kier alpha value is -1.38. The second-order valence-corrected chi connectivity index (χ2v) is 5.98. The Bertz CT molecular complexity index is 467. The summed E-state index contributed by atoms with van der Waals surface area (Å²) in [6.45, 7) is 9.97. The monoisotopic (exact) mass is 280 g/mol. The summed E-state index contributed by atoms with van der Waals surface area (Å²) in [5, 5.41) is 0. The third-order valence-corrected chi connectivity index (χ3v) is 3.84. The first-order valence-corrected chi connectivity index (χ1v) is 7.21. The molecule has 3 heteroatoms. The normalized spacial score (nSPS) is 20.1. The minimum atomic E-state index is -0.886. The molecular weight excluding hydrogens is 255 g/mol. The number of carbonyl (C=O) groups is 1. The lowest BCUT2D eigenvalue weighted by Gasteiger charge is -2.32. The predicted octanol–water partition coefficient (Wildman–Crippen LogP) is 4.88. The van der Waals surface area contributed by atoms with Crippen molar-refractivity contribution in [1.29, 1.82) is 0 Å². The van der Waals surface area contributed by atoms with Crippen LogP contribution >= 0.6 is 0 Å². The van der Waals surface area contributed by atoms with Crippen LogP contribution in [0.15, 0.2) is 34.7 Å². The molecule has 0 saturated carbocycles. The number of carbonyl (C=O) groups excluding carboxylic acids is 1. The van der Waals surface area contributed by atoms with E-state index < -0.39 is 11.8 Å². The molecule has 112 valence electrons. The van der Waals surface area contributed by atoms with Crippen LogP contribution in [0.25, 0.3) is 0 Å². The fourth-order valence-electron chi connectivity index (χ4n) is 2.65. The van der Waals surface area contributed by atoms with E-state index in [2.05, 4.69) is 25.5 Å². The van der Waals surface area contributed by atoms with Gasteiger partial charge in [0.25, 0.3) is 0 Å². The zero-order valence-corrected chi connectivity index (χ0v) is 13.2. The molecule has 0 amide bonds. The number of hydrogen-bond acceptors (Lipinski definition) is 2. The van der Waals surface area contributed by atoms with E-state index in [1.807, 2.05) is 6.08 Å². The maximum Gasteiger partial charge on any atom is 0.367 e. The smallest absolute Gasteiger partial charge is 0.367 e. The highest BCUT2D eigenvalue weighted by molar-refractivity contribution is 5.87. The number of allylic oxidation sites excluding steroid dienone is 5. The van der Waals surface area contributed by atoms with Crippen molar-refractivity contribution in [3.05, 3.63) is 34.7 Å². The summed E-state index contributed by atoms with van der Waals surface area (Å²) in [6, 6.07) is 0. The third-order valence-electron chi connectivity index (χ3n) is 3.84. The molecule has 0 aromatic carbocycles. The first-order valence-electron chi connectivity index (χ1n) is 7.21. The van der Waals surface area contributed by atoms with Crippen molar-refractivity contribution in [1.82, 2.24) is 0 Å². The van der Waals surface area contributed by atoms with Gasteiger partial charge >= 0.3 is 5.97 Å². The third kappa shape index (κ3) is 4.06. The molecule has 1 aliphatic carbocycles. The van der Waals surface area contributed by atoms with Crippen molar-refractivity contribution in [3.63, 3.8) is 0 Å². The van der Waals surface area contributed by atoms with Gasteiger partial charge in [-0.15, -0.1) is 0 Å². The van der Waals surface area contributed by atoms with Crippen LogP contribution in [0.3, 0.4) is 0 Å². The minimum Gasteiger partial charge on any atom is -0.461 e. The molecule has 1 rings (SSSR count). The lowest BCUT2D eigenvalue weighted by Crippen LogP contribution is -2.19. The summed E-state index contributed by atoms with van der Waals surface area (Å²) in [4.78, 5) is 11.3. The second kappa shape index (κ2) is 6.87. The van der Waals surface area contributed by atoms with Crippen molar-refractivity contribution in [3.8, 4) is 0 Å². The van der Waals surface area contributed by atoms with Crippen molar-refractivity contribution >= 4 is 5.97 Å². The van der Waals surface area contributed by atoms with E-state index in [0.29, 0.717) is 5.57 Å². The molecule has 0 atom stereocenters. The summed E-state index contributed by atoms with van der Waals surface area (Å²) in [7, 11) is 0. The highest BCUT2D eigenvalue weighted by atomic mass is 19.1. The molecule has 0 spiro atoms. The van der Waals surface area contributed by atoms with E-state index in [9.17, 15) is 9.18 Å². The fraction of sp³-hybridized carbons (Fsp3) is 0.588. The number of halogens is 1. The number of rotatable bonds is 4. The lowest BCUT2D eigenvalue weighted by molar-refractivity contribution is -0.140. The Labute approximate surface area is 121 Å². The molecule has 0 saturated heterocycles. The van der Waals surface area contributed by atoms with Crippen LogP contribution < -0.4 is 0 Å². The van der Waals surface area contributed by atoms with Gasteiger partial charge in [0.15, 0.2) is 0 Å². The molecule has 20 heavy (non-hydrogen) atoms. The molecule has 2 nitrogen and oxygen atoms in total. The molecule has 0 aromatic rings. The number of hydrogen-bond donors (Lipinski definition) is 0. The van der Waals surface area contributed by atoms with E-state index in [-0.39, 0.29) is 12.0 Å². The summed E-state index contributed by atoms with van der Waals surface area (Å²) >= 11 is 0. The zero-order valence-electron chi connectivity index (χ0n) is 13.2. The van der Waals surface area contributed by atoms with Crippen LogP contribution in [0.5, 0.6) is 0 Å².